The van der Waals surface area contributed by atoms with Gasteiger partial charge in [-0.2, -0.15) is 0 Å². The van der Waals surface area contributed by atoms with Gasteiger partial charge in [-0.15, -0.1) is 0 Å². The van der Waals surface area contributed by atoms with Gasteiger partial charge >= 0.3 is 0 Å². The predicted molar refractivity (Wildman–Crippen MR) is 110 cm³/mol. The van der Waals surface area contributed by atoms with Crippen LogP contribution in [0.3, 0.4) is 0 Å². The molecule has 0 aliphatic rings. The van der Waals surface area contributed by atoms with Crippen molar-refractivity contribution in [2.24, 2.45) is 0 Å². The second-order valence-corrected chi connectivity index (χ2v) is 6.19. The Kier molecular flexibility index (Phi) is 5.52. The minimum atomic E-state index is -0.270. The maximum absolute atomic E-state index is 12.5. The summed E-state index contributed by atoms with van der Waals surface area (Å²) in [6.07, 6.45) is 0. The van der Waals surface area contributed by atoms with Crippen LogP contribution in [0.2, 0.25) is 0 Å². The first-order chi connectivity index (χ1) is 13.0. The number of carbonyl (C=O) groups is 2. The third-order valence-corrected chi connectivity index (χ3v) is 4.07. The van der Waals surface area contributed by atoms with Crippen molar-refractivity contribution in [3.05, 3.63) is 89.5 Å². The molecule has 0 unspecified atom stereocenters. The molecule has 0 saturated heterocycles. The van der Waals surface area contributed by atoms with Crippen LogP contribution < -0.4 is 16.0 Å². The number of hydrogen-bond donors (Lipinski definition) is 3. The number of benzene rings is 3. The molecule has 0 bridgehead atoms. The normalized spacial score (nSPS) is 10.1. The fraction of sp³-hybridized carbons (Fsp3) is 0.0909. The van der Waals surface area contributed by atoms with Crippen LogP contribution in [0.25, 0.3) is 0 Å². The molecule has 2 amide bonds. The molecule has 3 rings (SSSR count). The Bertz CT molecular complexity index is 983. The molecule has 0 aliphatic heterocycles. The van der Waals surface area contributed by atoms with Gasteiger partial charge in [-0.05, 0) is 61.0 Å². The van der Waals surface area contributed by atoms with E-state index in [4.69, 9.17) is 0 Å². The van der Waals surface area contributed by atoms with Gasteiger partial charge in [0.2, 0.25) is 0 Å². The summed E-state index contributed by atoms with van der Waals surface area (Å²) in [6.45, 7) is 1.96. The highest BCUT2D eigenvalue weighted by Crippen LogP contribution is 2.17. The van der Waals surface area contributed by atoms with Crippen LogP contribution in [0, 0.1) is 6.92 Å². The van der Waals surface area contributed by atoms with E-state index in [2.05, 4.69) is 16.0 Å². The largest absolute Gasteiger partial charge is 0.388 e. The van der Waals surface area contributed by atoms with E-state index in [9.17, 15) is 9.59 Å². The van der Waals surface area contributed by atoms with E-state index in [1.807, 2.05) is 62.5 Å². The summed E-state index contributed by atoms with van der Waals surface area (Å²) < 4.78 is 0. The monoisotopic (exact) mass is 359 g/mol. The first-order valence-electron chi connectivity index (χ1n) is 8.62. The number of hydrogen-bond acceptors (Lipinski definition) is 3. The van der Waals surface area contributed by atoms with Crippen LogP contribution in [0.1, 0.15) is 26.3 Å². The Morgan fingerprint density at radius 1 is 0.667 bits per heavy atom. The molecule has 0 heterocycles. The first kappa shape index (κ1) is 18.2. The Morgan fingerprint density at radius 2 is 1.19 bits per heavy atom. The van der Waals surface area contributed by atoms with Gasteiger partial charge in [-0.25, -0.2) is 0 Å². The van der Waals surface area contributed by atoms with Gasteiger partial charge in [-0.3, -0.25) is 9.59 Å². The van der Waals surface area contributed by atoms with Crippen molar-refractivity contribution in [2.75, 3.05) is 23.0 Å². The number of anilines is 3. The van der Waals surface area contributed by atoms with Crippen molar-refractivity contribution >= 4 is 28.9 Å². The zero-order chi connectivity index (χ0) is 19.2. The lowest BCUT2D eigenvalue weighted by Gasteiger charge is -2.09. The molecule has 3 N–H and O–H groups in total. The van der Waals surface area contributed by atoms with Crippen molar-refractivity contribution in [1.29, 1.82) is 0 Å². The van der Waals surface area contributed by atoms with E-state index in [0.29, 0.717) is 16.8 Å². The van der Waals surface area contributed by atoms with Crippen molar-refractivity contribution in [1.82, 2.24) is 0 Å². The molecule has 27 heavy (non-hydrogen) atoms. The van der Waals surface area contributed by atoms with Crippen molar-refractivity contribution in [2.45, 2.75) is 6.92 Å². The predicted octanol–water partition coefficient (Wildman–Crippen LogP) is 4.54. The zero-order valence-corrected chi connectivity index (χ0v) is 15.2. The summed E-state index contributed by atoms with van der Waals surface area (Å²) in [6, 6.07) is 21.6. The first-order valence-corrected chi connectivity index (χ1v) is 8.62. The van der Waals surface area contributed by atoms with Crippen LogP contribution in [0.5, 0.6) is 0 Å². The highest BCUT2D eigenvalue weighted by atomic mass is 16.2. The molecular weight excluding hydrogens is 338 g/mol. The average Bonchev–Trinajstić information content (AvgIpc) is 2.68. The quantitative estimate of drug-likeness (QED) is 0.626. The third-order valence-electron chi connectivity index (χ3n) is 4.07. The Balaban J connectivity index is 1.74. The van der Waals surface area contributed by atoms with Crippen molar-refractivity contribution in [3.63, 3.8) is 0 Å². The van der Waals surface area contributed by atoms with Gasteiger partial charge in [0.05, 0.1) is 0 Å². The molecule has 5 heteroatoms. The van der Waals surface area contributed by atoms with Crippen molar-refractivity contribution in [3.8, 4) is 0 Å². The van der Waals surface area contributed by atoms with Gasteiger partial charge < -0.3 is 16.0 Å². The summed E-state index contributed by atoms with van der Waals surface area (Å²) in [5.41, 5.74) is 4.21. The molecule has 5 nitrogen and oxygen atoms in total. The Morgan fingerprint density at radius 3 is 1.78 bits per heavy atom. The van der Waals surface area contributed by atoms with Crippen molar-refractivity contribution < 1.29 is 9.59 Å². The molecule has 0 fully saturated rings. The lowest BCUT2D eigenvalue weighted by Crippen LogP contribution is -2.15. The van der Waals surface area contributed by atoms with E-state index >= 15 is 0 Å². The van der Waals surface area contributed by atoms with E-state index in [0.717, 1.165) is 16.9 Å². The van der Waals surface area contributed by atoms with Crippen LogP contribution >= 0.6 is 0 Å². The Hall–Kier alpha value is -3.60. The van der Waals surface area contributed by atoms with Gasteiger partial charge in [0, 0.05) is 35.2 Å². The van der Waals surface area contributed by atoms with Crippen LogP contribution in [0.4, 0.5) is 17.1 Å². The molecule has 3 aromatic carbocycles. The maximum Gasteiger partial charge on any atom is 0.255 e. The molecule has 136 valence electrons. The topological polar surface area (TPSA) is 70.2 Å². The Labute approximate surface area is 158 Å². The number of nitrogens with one attached hydrogen (secondary N) is 3. The lowest BCUT2D eigenvalue weighted by molar-refractivity contribution is 0.102. The molecular formula is C22H21N3O2. The fourth-order valence-corrected chi connectivity index (χ4v) is 2.68. The van der Waals surface area contributed by atoms with E-state index in [1.165, 1.54) is 0 Å². The SMILES string of the molecule is CNc1cccc(NC(=O)c2cccc(C(=O)Nc3cccc(C)c3)c2)c1. The highest BCUT2D eigenvalue weighted by Gasteiger charge is 2.11. The number of carbonyl (C=O) groups excluding carboxylic acids is 2. The molecule has 0 aromatic heterocycles. The zero-order valence-electron chi connectivity index (χ0n) is 15.2. The highest BCUT2D eigenvalue weighted by molar-refractivity contribution is 6.08. The van der Waals surface area contributed by atoms with Gasteiger partial charge in [-0.1, -0.05) is 24.3 Å². The summed E-state index contributed by atoms with van der Waals surface area (Å²) in [7, 11) is 1.82. The van der Waals surface area contributed by atoms with E-state index in [1.54, 1.807) is 24.3 Å². The molecule has 0 atom stereocenters. The van der Waals surface area contributed by atoms with E-state index in [-0.39, 0.29) is 11.8 Å². The molecule has 0 radical (unpaired) electrons. The van der Waals surface area contributed by atoms with Gasteiger partial charge in [0.15, 0.2) is 0 Å². The summed E-state index contributed by atoms with van der Waals surface area (Å²) in [4.78, 5) is 25.0. The second kappa shape index (κ2) is 8.19. The lowest BCUT2D eigenvalue weighted by atomic mass is 10.1. The van der Waals surface area contributed by atoms with Gasteiger partial charge in [0.25, 0.3) is 11.8 Å². The van der Waals surface area contributed by atoms with Crippen LogP contribution in [-0.2, 0) is 0 Å². The maximum atomic E-state index is 12.5. The van der Waals surface area contributed by atoms with Crippen LogP contribution in [-0.4, -0.2) is 18.9 Å². The summed E-state index contributed by atoms with van der Waals surface area (Å²) >= 11 is 0. The molecule has 3 aromatic rings. The van der Waals surface area contributed by atoms with Gasteiger partial charge in [0.1, 0.15) is 0 Å². The average molecular weight is 359 g/mol. The van der Waals surface area contributed by atoms with E-state index < -0.39 is 0 Å². The second-order valence-electron chi connectivity index (χ2n) is 6.19. The number of amides is 2. The summed E-state index contributed by atoms with van der Waals surface area (Å²) in [5.74, 6) is -0.527. The number of rotatable bonds is 5. The van der Waals surface area contributed by atoms with Crippen LogP contribution in [0.15, 0.2) is 72.8 Å². The fourth-order valence-electron chi connectivity index (χ4n) is 2.68. The number of aryl methyl sites for hydroxylation is 1. The molecule has 0 saturated carbocycles. The smallest absolute Gasteiger partial charge is 0.255 e. The third kappa shape index (κ3) is 4.73. The summed E-state index contributed by atoms with van der Waals surface area (Å²) in [5, 5.41) is 8.72. The molecule has 0 spiro atoms. The molecule has 0 aliphatic carbocycles. The minimum Gasteiger partial charge on any atom is -0.388 e. The standard InChI is InChI=1S/C22H21N3O2/c1-15-6-3-10-19(12-15)24-21(26)16-7-4-8-17(13-16)22(27)25-20-11-5-9-18(14-20)23-2/h3-14,23H,1-2H3,(H,24,26)(H,25,27). The minimum absolute atomic E-state index is 0.257.